The molecule has 0 bridgehead atoms. The maximum Gasteiger partial charge on any atom is 0.412 e. The Kier molecular flexibility index (Phi) is 6.39. The van der Waals surface area contributed by atoms with Crippen molar-refractivity contribution in [2.45, 2.75) is 20.8 Å². The summed E-state index contributed by atoms with van der Waals surface area (Å²) in [6, 6.07) is 16.0. The maximum atomic E-state index is 11.9. The Bertz CT molecular complexity index is 963. The first kappa shape index (κ1) is 19.6. The molecule has 0 aliphatic carbocycles. The molecule has 1 heterocycles. The molecule has 1 amide bonds. The van der Waals surface area contributed by atoms with Gasteiger partial charge in [-0.3, -0.25) is 10.7 Å². The Labute approximate surface area is 168 Å². The van der Waals surface area contributed by atoms with Gasteiger partial charge in [0.2, 0.25) is 5.13 Å². The summed E-state index contributed by atoms with van der Waals surface area (Å²) < 4.78 is 4.99. The van der Waals surface area contributed by atoms with Crippen molar-refractivity contribution in [3.63, 3.8) is 0 Å². The van der Waals surface area contributed by atoms with Gasteiger partial charge in [0, 0.05) is 5.56 Å². The first-order chi connectivity index (χ1) is 13.5. The molecule has 0 saturated carbocycles. The molecule has 144 valence electrons. The average Bonchev–Trinajstić information content (AvgIpc) is 3.06. The average molecular weight is 395 g/mol. The van der Waals surface area contributed by atoms with Gasteiger partial charge in [-0.05, 0) is 26.3 Å². The number of aryl methyl sites for hydroxylation is 2. The van der Waals surface area contributed by atoms with Crippen molar-refractivity contribution in [3.8, 4) is 11.3 Å². The van der Waals surface area contributed by atoms with Gasteiger partial charge in [0.25, 0.3) is 0 Å². The van der Waals surface area contributed by atoms with Crippen LogP contribution in [0.15, 0.2) is 53.6 Å². The Balaban J connectivity index is 1.82. The molecule has 28 heavy (non-hydrogen) atoms. The summed E-state index contributed by atoms with van der Waals surface area (Å²) in [6.07, 6.45) is 1.22. The molecule has 0 unspecified atom stereocenters. The monoisotopic (exact) mass is 394 g/mol. The van der Waals surface area contributed by atoms with Gasteiger partial charge in [-0.2, -0.15) is 5.10 Å². The van der Waals surface area contributed by atoms with Crippen LogP contribution in [0, 0.1) is 13.8 Å². The van der Waals surface area contributed by atoms with E-state index in [1.54, 1.807) is 13.1 Å². The molecule has 3 aromatic rings. The minimum atomic E-state index is -0.505. The van der Waals surface area contributed by atoms with E-state index < -0.39 is 6.09 Å². The highest BCUT2D eigenvalue weighted by molar-refractivity contribution is 7.20. The van der Waals surface area contributed by atoms with E-state index in [2.05, 4.69) is 20.8 Å². The highest BCUT2D eigenvalue weighted by atomic mass is 32.1. The quantitative estimate of drug-likeness (QED) is 0.431. The number of hydrogen-bond acceptors (Lipinski definition) is 6. The number of hydrazone groups is 1. The van der Waals surface area contributed by atoms with Gasteiger partial charge in [0.1, 0.15) is 10.7 Å². The fraction of sp³-hybridized carbons (Fsp3) is 0.190. The largest absolute Gasteiger partial charge is 0.450 e. The van der Waals surface area contributed by atoms with Crippen LogP contribution in [0.4, 0.5) is 14.9 Å². The predicted molar refractivity (Wildman–Crippen MR) is 115 cm³/mol. The van der Waals surface area contributed by atoms with Crippen LogP contribution in [0.3, 0.4) is 0 Å². The van der Waals surface area contributed by atoms with Crippen LogP contribution in [0.1, 0.15) is 23.6 Å². The maximum absolute atomic E-state index is 11.9. The first-order valence-corrected chi connectivity index (χ1v) is 9.74. The lowest BCUT2D eigenvalue weighted by Crippen LogP contribution is -2.12. The van der Waals surface area contributed by atoms with Crippen LogP contribution in [0.25, 0.3) is 11.3 Å². The van der Waals surface area contributed by atoms with Crippen molar-refractivity contribution in [2.24, 2.45) is 5.10 Å². The Hall–Kier alpha value is -3.19. The molecule has 0 saturated heterocycles. The molecule has 3 rings (SSSR count). The highest BCUT2D eigenvalue weighted by Crippen LogP contribution is 2.36. The lowest BCUT2D eigenvalue weighted by Gasteiger charge is -2.05. The standard InChI is InChI=1S/C21H22N4O2S/c1-4-27-21(26)24-19-18(17-11-7-15(3)8-12-17)23-20(28-19)25-22-13-16-9-5-14(2)6-10-16/h5-13H,4H2,1-3H3,(H,23,25)(H,24,26)/b22-13-. The summed E-state index contributed by atoms with van der Waals surface area (Å²) in [5, 5.41) is 8.19. The Morgan fingerprint density at radius 1 is 1.11 bits per heavy atom. The van der Waals surface area contributed by atoms with E-state index >= 15 is 0 Å². The van der Waals surface area contributed by atoms with Crippen LogP contribution in [-0.4, -0.2) is 23.9 Å². The minimum Gasteiger partial charge on any atom is -0.450 e. The predicted octanol–water partition coefficient (Wildman–Crippen LogP) is 5.44. The van der Waals surface area contributed by atoms with Gasteiger partial charge in [0.15, 0.2) is 0 Å². The highest BCUT2D eigenvalue weighted by Gasteiger charge is 2.16. The lowest BCUT2D eigenvalue weighted by atomic mass is 10.1. The molecular formula is C21H22N4O2S. The van der Waals surface area contributed by atoms with Crippen molar-refractivity contribution in [1.29, 1.82) is 0 Å². The van der Waals surface area contributed by atoms with Crippen molar-refractivity contribution in [1.82, 2.24) is 4.98 Å². The second kappa shape index (κ2) is 9.14. The number of carbonyl (C=O) groups excluding carboxylic acids is 1. The Morgan fingerprint density at radius 2 is 1.75 bits per heavy atom. The topological polar surface area (TPSA) is 75.6 Å². The van der Waals surface area contributed by atoms with Gasteiger partial charge in [-0.1, -0.05) is 71.0 Å². The fourth-order valence-electron chi connectivity index (χ4n) is 2.43. The third-order valence-electron chi connectivity index (χ3n) is 3.89. The van der Waals surface area contributed by atoms with Crippen molar-refractivity contribution in [3.05, 3.63) is 65.2 Å². The van der Waals surface area contributed by atoms with Crippen LogP contribution in [0.5, 0.6) is 0 Å². The summed E-state index contributed by atoms with van der Waals surface area (Å²) in [6.45, 7) is 6.13. The molecule has 7 heteroatoms. The molecule has 2 aromatic carbocycles. The van der Waals surface area contributed by atoms with Crippen LogP contribution >= 0.6 is 11.3 Å². The second-order valence-corrected chi connectivity index (χ2v) is 7.19. The van der Waals surface area contributed by atoms with E-state index in [1.807, 2.05) is 62.4 Å². The molecule has 0 fully saturated rings. The summed E-state index contributed by atoms with van der Waals surface area (Å²) >= 11 is 1.30. The summed E-state index contributed by atoms with van der Waals surface area (Å²) in [4.78, 5) is 16.5. The number of thiazole rings is 1. The van der Waals surface area contributed by atoms with E-state index in [-0.39, 0.29) is 0 Å². The molecule has 6 nitrogen and oxygen atoms in total. The lowest BCUT2D eigenvalue weighted by molar-refractivity contribution is 0.168. The summed E-state index contributed by atoms with van der Waals surface area (Å²) in [5.74, 6) is 0. The number of aromatic nitrogens is 1. The van der Waals surface area contributed by atoms with Gasteiger partial charge in [-0.25, -0.2) is 9.78 Å². The van der Waals surface area contributed by atoms with Crippen LogP contribution < -0.4 is 10.7 Å². The summed E-state index contributed by atoms with van der Waals surface area (Å²) in [7, 11) is 0. The van der Waals surface area contributed by atoms with Gasteiger partial charge in [-0.15, -0.1) is 0 Å². The van der Waals surface area contributed by atoms with Crippen LogP contribution in [0.2, 0.25) is 0 Å². The zero-order chi connectivity index (χ0) is 19.9. The van der Waals surface area contributed by atoms with Gasteiger partial charge < -0.3 is 4.74 Å². The zero-order valence-corrected chi connectivity index (χ0v) is 16.8. The third kappa shape index (κ3) is 5.17. The number of nitrogens with zero attached hydrogens (tertiary/aromatic N) is 2. The second-order valence-electron chi connectivity index (χ2n) is 6.19. The number of amides is 1. The molecule has 0 atom stereocenters. The third-order valence-corrected chi connectivity index (χ3v) is 4.77. The van der Waals surface area contributed by atoms with E-state index in [4.69, 9.17) is 4.74 Å². The normalized spacial score (nSPS) is 10.8. The SMILES string of the molecule is CCOC(=O)Nc1sc(N/N=C\c2ccc(C)cc2)nc1-c1ccc(C)cc1. The number of benzene rings is 2. The molecular weight excluding hydrogens is 372 g/mol. The number of ether oxygens (including phenoxy) is 1. The molecule has 0 aliphatic heterocycles. The van der Waals surface area contributed by atoms with E-state index in [0.717, 1.165) is 16.7 Å². The molecule has 0 aliphatic rings. The van der Waals surface area contributed by atoms with Crippen molar-refractivity contribution in [2.75, 3.05) is 17.3 Å². The number of carbonyl (C=O) groups is 1. The van der Waals surface area contributed by atoms with Crippen LogP contribution in [-0.2, 0) is 4.74 Å². The summed E-state index contributed by atoms with van der Waals surface area (Å²) in [5.41, 5.74) is 7.85. The van der Waals surface area contributed by atoms with Gasteiger partial charge >= 0.3 is 6.09 Å². The number of anilines is 2. The molecule has 2 N–H and O–H groups in total. The molecule has 1 aromatic heterocycles. The number of hydrogen-bond donors (Lipinski definition) is 2. The van der Waals surface area contributed by atoms with E-state index in [1.165, 1.54) is 16.9 Å². The minimum absolute atomic E-state index is 0.302. The zero-order valence-electron chi connectivity index (χ0n) is 16.0. The fourth-order valence-corrected chi connectivity index (χ4v) is 3.26. The smallest absolute Gasteiger partial charge is 0.412 e. The first-order valence-electron chi connectivity index (χ1n) is 8.92. The number of nitrogens with one attached hydrogen (secondary N) is 2. The van der Waals surface area contributed by atoms with E-state index in [9.17, 15) is 4.79 Å². The van der Waals surface area contributed by atoms with Gasteiger partial charge in [0.05, 0.1) is 12.8 Å². The number of rotatable bonds is 6. The van der Waals surface area contributed by atoms with Crippen molar-refractivity contribution < 1.29 is 9.53 Å². The Morgan fingerprint density at radius 3 is 2.39 bits per heavy atom. The van der Waals surface area contributed by atoms with E-state index in [0.29, 0.717) is 22.4 Å². The molecule has 0 radical (unpaired) electrons. The molecule has 0 spiro atoms. The van der Waals surface area contributed by atoms with Crippen molar-refractivity contribution >= 4 is 33.8 Å².